The highest BCUT2D eigenvalue weighted by molar-refractivity contribution is 8.14. The molecule has 12 heteroatoms. The Bertz CT molecular complexity index is 1160. The minimum atomic E-state index is -1.11. The van der Waals surface area contributed by atoms with E-state index in [1.807, 2.05) is 25.3 Å². The van der Waals surface area contributed by atoms with Gasteiger partial charge in [-0.05, 0) is 59.5 Å². The molecule has 1 aliphatic rings. The number of esters is 1. The van der Waals surface area contributed by atoms with Crippen LogP contribution in [0.3, 0.4) is 0 Å². The van der Waals surface area contributed by atoms with Crippen LogP contribution < -0.4 is 10.6 Å². The highest BCUT2D eigenvalue weighted by Crippen LogP contribution is 2.32. The Balaban J connectivity index is 2.05. The normalized spacial score (nSPS) is 18.5. The summed E-state index contributed by atoms with van der Waals surface area (Å²) in [6.07, 6.45) is 6.69. The van der Waals surface area contributed by atoms with Crippen LogP contribution >= 0.6 is 23.1 Å². The third kappa shape index (κ3) is 11.9. The van der Waals surface area contributed by atoms with Crippen LogP contribution in [0.1, 0.15) is 98.2 Å². The summed E-state index contributed by atoms with van der Waals surface area (Å²) in [5.74, 6) is -0.916. The number of alkyl carbamates (subject to hydrolysis) is 1. The molecule has 2 amide bonds. The van der Waals surface area contributed by atoms with Gasteiger partial charge < -0.3 is 20.1 Å². The highest BCUT2D eigenvalue weighted by atomic mass is 32.2. The first-order valence-electron chi connectivity index (χ1n) is 14.5. The number of thiazole rings is 1. The predicted molar refractivity (Wildman–Crippen MR) is 168 cm³/mol. The highest BCUT2D eigenvalue weighted by Gasteiger charge is 2.41. The van der Waals surface area contributed by atoms with E-state index in [1.165, 1.54) is 30.0 Å². The number of unbranched alkanes of at least 4 members (excludes halogenated alkanes) is 3. The minimum Gasteiger partial charge on any atom is -0.456 e. The molecule has 2 rings (SSSR count). The van der Waals surface area contributed by atoms with Gasteiger partial charge in [0.1, 0.15) is 44.8 Å². The summed E-state index contributed by atoms with van der Waals surface area (Å²) < 4.78 is 11.0. The molecule has 42 heavy (non-hydrogen) atoms. The topological polar surface area (TPSA) is 136 Å². The molecule has 10 nitrogen and oxygen atoms in total. The van der Waals surface area contributed by atoms with Gasteiger partial charge in [-0.15, -0.1) is 23.1 Å². The molecule has 234 valence electrons. The van der Waals surface area contributed by atoms with E-state index >= 15 is 0 Å². The maximum atomic E-state index is 13.4. The maximum Gasteiger partial charge on any atom is 0.408 e. The molecule has 0 aliphatic carbocycles. The number of amides is 2. The third-order valence-electron chi connectivity index (χ3n) is 6.17. The molecule has 0 spiro atoms. The number of nitrogens with one attached hydrogen (secondary N) is 2. The van der Waals surface area contributed by atoms with Gasteiger partial charge in [0.05, 0.1) is 6.54 Å². The number of Topliss-reactive ketones (excluding diaryl/α,β-unsaturated/α-hetero) is 1. The maximum absolute atomic E-state index is 13.4. The van der Waals surface area contributed by atoms with Gasteiger partial charge in [0.25, 0.3) is 0 Å². The Morgan fingerprint density at radius 3 is 2.52 bits per heavy atom. The van der Waals surface area contributed by atoms with Gasteiger partial charge in [0, 0.05) is 17.6 Å². The minimum absolute atomic E-state index is 0.0830. The first kappa shape index (κ1) is 35.5. The number of aliphatic imine (C=N–C) groups is 1. The molecule has 1 aromatic rings. The Hall–Kier alpha value is -2.73. The molecule has 2 heterocycles. The zero-order valence-corrected chi connectivity index (χ0v) is 27.7. The van der Waals surface area contributed by atoms with Gasteiger partial charge in [0.15, 0.2) is 0 Å². The standard InChI is InChI=1S/C30H46N4O6S2/c1-9-10-11-12-13-14-21(15-20(4)35)39-26(36)24(19(2)3)33-27(37)30(8)18-42-25(34-30)22-17-41-23(32-22)16-31-28(38)40-29(5,6)7/h13-14,17,19,21,24H,9-12,15-16,18H2,1-8H3,(H,31,38)(H,33,37)/b14-13+/t21?,24-,30-/m0/s1. The zero-order chi connectivity index (χ0) is 31.5. The fraction of sp³-hybridized carbons (Fsp3) is 0.667. The lowest BCUT2D eigenvalue weighted by Gasteiger charge is -2.27. The van der Waals surface area contributed by atoms with Gasteiger partial charge >= 0.3 is 12.1 Å². The molecule has 3 atom stereocenters. The van der Waals surface area contributed by atoms with Crippen molar-refractivity contribution in [3.63, 3.8) is 0 Å². The number of aromatic nitrogens is 1. The van der Waals surface area contributed by atoms with Crippen molar-refractivity contribution in [2.24, 2.45) is 10.9 Å². The first-order valence-corrected chi connectivity index (χ1v) is 16.3. The zero-order valence-electron chi connectivity index (χ0n) is 26.1. The van der Waals surface area contributed by atoms with Crippen LogP contribution in [0, 0.1) is 5.92 Å². The van der Waals surface area contributed by atoms with E-state index in [0.717, 1.165) is 25.7 Å². The Kier molecular flexibility index (Phi) is 13.7. The van der Waals surface area contributed by atoms with E-state index in [0.29, 0.717) is 21.5 Å². The number of nitrogens with zero attached hydrogens (tertiary/aromatic N) is 2. The number of rotatable bonds is 15. The molecule has 0 saturated carbocycles. The molecular weight excluding hydrogens is 576 g/mol. The lowest BCUT2D eigenvalue weighted by molar-refractivity contribution is -0.153. The molecule has 0 bridgehead atoms. The summed E-state index contributed by atoms with van der Waals surface area (Å²) in [6, 6.07) is -0.897. The van der Waals surface area contributed by atoms with Crippen molar-refractivity contribution in [1.82, 2.24) is 15.6 Å². The average Bonchev–Trinajstić information content (AvgIpc) is 3.51. The number of ether oxygens (including phenoxy) is 2. The van der Waals surface area contributed by atoms with Crippen LogP contribution in [-0.2, 0) is 30.4 Å². The van der Waals surface area contributed by atoms with E-state index in [4.69, 9.17) is 9.47 Å². The summed E-state index contributed by atoms with van der Waals surface area (Å²) in [6.45, 7) is 14.6. The SMILES string of the molecule is CCCCC/C=C/C(CC(C)=O)OC(=O)[C@@H](NC(=O)[C@]1(C)CSC(c2csc(CNC(=O)OC(C)(C)C)n2)=N1)C(C)C. The van der Waals surface area contributed by atoms with Crippen LogP contribution in [-0.4, -0.2) is 62.8 Å². The van der Waals surface area contributed by atoms with Crippen LogP contribution in [0.5, 0.6) is 0 Å². The van der Waals surface area contributed by atoms with Crippen LogP contribution in [0.2, 0.25) is 0 Å². The number of carbonyl (C=O) groups is 4. The molecule has 1 aromatic heterocycles. The second-order valence-corrected chi connectivity index (χ2v) is 13.9. The molecule has 0 fully saturated rings. The van der Waals surface area contributed by atoms with Crippen molar-refractivity contribution in [2.45, 2.75) is 117 Å². The van der Waals surface area contributed by atoms with E-state index in [1.54, 1.807) is 33.8 Å². The summed E-state index contributed by atoms with van der Waals surface area (Å²) in [5.41, 5.74) is -1.07. The summed E-state index contributed by atoms with van der Waals surface area (Å²) >= 11 is 2.79. The molecule has 0 saturated heterocycles. The van der Waals surface area contributed by atoms with E-state index in [-0.39, 0.29) is 30.6 Å². The molecule has 0 aromatic carbocycles. The molecule has 1 aliphatic heterocycles. The molecule has 1 unspecified atom stereocenters. The van der Waals surface area contributed by atoms with Crippen molar-refractivity contribution in [3.05, 3.63) is 28.2 Å². The Morgan fingerprint density at radius 2 is 1.90 bits per heavy atom. The largest absolute Gasteiger partial charge is 0.456 e. The molecule has 0 radical (unpaired) electrons. The second kappa shape index (κ2) is 16.2. The van der Waals surface area contributed by atoms with E-state index < -0.39 is 35.3 Å². The van der Waals surface area contributed by atoms with Crippen molar-refractivity contribution < 1.29 is 28.7 Å². The summed E-state index contributed by atoms with van der Waals surface area (Å²) in [5, 5.41) is 8.67. The van der Waals surface area contributed by atoms with Crippen LogP contribution in [0.15, 0.2) is 22.5 Å². The van der Waals surface area contributed by atoms with Crippen molar-refractivity contribution in [1.29, 1.82) is 0 Å². The fourth-order valence-electron chi connectivity index (χ4n) is 3.91. The third-order valence-corrected chi connectivity index (χ3v) is 8.30. The monoisotopic (exact) mass is 622 g/mol. The second-order valence-electron chi connectivity index (χ2n) is 12.0. The van der Waals surface area contributed by atoms with Gasteiger partial charge in [-0.3, -0.25) is 14.6 Å². The molecular formula is C30H46N4O6S2. The predicted octanol–water partition coefficient (Wildman–Crippen LogP) is 5.59. The summed E-state index contributed by atoms with van der Waals surface area (Å²) in [4.78, 5) is 59.6. The smallest absolute Gasteiger partial charge is 0.408 e. The summed E-state index contributed by atoms with van der Waals surface area (Å²) in [7, 11) is 0. The van der Waals surface area contributed by atoms with E-state index in [2.05, 4.69) is 27.5 Å². The quantitative estimate of drug-likeness (QED) is 0.147. The number of allylic oxidation sites excluding steroid dienone is 1. The number of hydrogen-bond donors (Lipinski definition) is 2. The van der Waals surface area contributed by atoms with Crippen molar-refractivity contribution in [3.8, 4) is 0 Å². The van der Waals surface area contributed by atoms with Gasteiger partial charge in [-0.1, -0.05) is 39.7 Å². The number of carbonyl (C=O) groups excluding carboxylic acids is 4. The van der Waals surface area contributed by atoms with Gasteiger partial charge in [-0.25, -0.2) is 14.6 Å². The van der Waals surface area contributed by atoms with Crippen LogP contribution in [0.4, 0.5) is 4.79 Å². The Morgan fingerprint density at radius 1 is 1.19 bits per heavy atom. The fourth-order valence-corrected chi connectivity index (χ4v) is 5.83. The number of hydrogen-bond acceptors (Lipinski definition) is 10. The van der Waals surface area contributed by atoms with Gasteiger partial charge in [-0.2, -0.15) is 0 Å². The average molecular weight is 623 g/mol. The molecule has 2 N–H and O–H groups in total. The van der Waals surface area contributed by atoms with Crippen molar-refractivity contribution >= 4 is 51.9 Å². The lowest BCUT2D eigenvalue weighted by Crippen LogP contribution is -2.53. The van der Waals surface area contributed by atoms with Gasteiger partial charge in [0.2, 0.25) is 5.91 Å². The number of ketones is 1. The van der Waals surface area contributed by atoms with Crippen molar-refractivity contribution in [2.75, 3.05) is 5.75 Å². The van der Waals surface area contributed by atoms with E-state index in [9.17, 15) is 19.2 Å². The lowest BCUT2D eigenvalue weighted by atomic mass is 10.0. The Labute approximate surface area is 257 Å². The first-order chi connectivity index (χ1) is 19.6. The van der Waals surface area contributed by atoms with Crippen LogP contribution in [0.25, 0.3) is 0 Å². The number of thioether (sulfide) groups is 1.